The zero-order valence-corrected chi connectivity index (χ0v) is 17.7. The van der Waals surface area contributed by atoms with Crippen LogP contribution in [0.2, 0.25) is 10.0 Å². The summed E-state index contributed by atoms with van der Waals surface area (Å²) >= 11 is 12.0. The third-order valence-electron chi connectivity index (χ3n) is 4.68. The summed E-state index contributed by atoms with van der Waals surface area (Å²) in [6.45, 7) is 1.98. The standard InChI is InChI=1S/C19H20Cl2N2O4S/c1-12-5-7-14(27-2)11-18(12)28(25,26)23-9-3-4-17(23)19(24)22-16-8-6-13(20)10-15(16)21/h5-8,10-11,17H,3-4,9H2,1-2H3,(H,22,24)/t17-/m1/s1. The normalized spacial score (nSPS) is 17.5. The first-order valence-electron chi connectivity index (χ1n) is 8.66. The molecule has 2 aromatic carbocycles. The first-order valence-corrected chi connectivity index (χ1v) is 10.9. The van der Waals surface area contributed by atoms with Crippen molar-refractivity contribution in [3.8, 4) is 5.75 Å². The second kappa shape index (κ2) is 8.29. The topological polar surface area (TPSA) is 75.7 Å². The van der Waals surface area contributed by atoms with Gasteiger partial charge in [-0.25, -0.2) is 8.42 Å². The molecular weight excluding hydrogens is 423 g/mol. The summed E-state index contributed by atoms with van der Waals surface area (Å²) in [7, 11) is -2.39. The zero-order chi connectivity index (χ0) is 20.5. The van der Waals surface area contributed by atoms with Crippen molar-refractivity contribution in [3.05, 3.63) is 52.0 Å². The van der Waals surface area contributed by atoms with Crippen LogP contribution in [-0.2, 0) is 14.8 Å². The molecule has 1 atom stereocenters. The third kappa shape index (κ3) is 4.12. The lowest BCUT2D eigenvalue weighted by molar-refractivity contribution is -0.119. The number of hydrogen-bond donors (Lipinski definition) is 1. The van der Waals surface area contributed by atoms with Crippen molar-refractivity contribution in [2.45, 2.75) is 30.7 Å². The van der Waals surface area contributed by atoms with E-state index >= 15 is 0 Å². The minimum absolute atomic E-state index is 0.135. The molecule has 0 radical (unpaired) electrons. The number of aryl methyl sites for hydroxylation is 1. The molecule has 6 nitrogen and oxygen atoms in total. The number of nitrogens with one attached hydrogen (secondary N) is 1. The number of ether oxygens (including phenoxy) is 1. The second-order valence-corrected chi connectivity index (χ2v) is 9.22. The maximum atomic E-state index is 13.2. The SMILES string of the molecule is COc1ccc(C)c(S(=O)(=O)N2CCC[C@@H]2C(=O)Nc2ccc(Cl)cc2Cl)c1. The van der Waals surface area contributed by atoms with E-state index in [9.17, 15) is 13.2 Å². The number of benzene rings is 2. The van der Waals surface area contributed by atoms with Gasteiger partial charge in [0.25, 0.3) is 0 Å². The quantitative estimate of drug-likeness (QED) is 0.755. The number of amides is 1. The second-order valence-electron chi connectivity index (χ2n) is 6.52. The van der Waals surface area contributed by atoms with Gasteiger partial charge in [-0.3, -0.25) is 4.79 Å². The molecule has 3 rings (SSSR count). The van der Waals surface area contributed by atoms with E-state index in [1.54, 1.807) is 31.2 Å². The van der Waals surface area contributed by atoms with Crippen LogP contribution >= 0.6 is 23.2 Å². The Hall–Kier alpha value is -1.80. The highest BCUT2D eigenvalue weighted by Crippen LogP contribution is 2.31. The summed E-state index contributed by atoms with van der Waals surface area (Å²) in [6.07, 6.45) is 1.02. The van der Waals surface area contributed by atoms with Gasteiger partial charge in [-0.05, 0) is 49.6 Å². The Kier molecular flexibility index (Phi) is 6.19. The lowest BCUT2D eigenvalue weighted by atomic mass is 10.2. The van der Waals surface area contributed by atoms with Crippen molar-refractivity contribution in [2.24, 2.45) is 0 Å². The summed E-state index contributed by atoms with van der Waals surface area (Å²) in [5.74, 6) is 0.0168. The van der Waals surface area contributed by atoms with E-state index in [0.717, 1.165) is 0 Å². The van der Waals surface area contributed by atoms with Crippen LogP contribution in [0.3, 0.4) is 0 Å². The van der Waals surface area contributed by atoms with E-state index in [2.05, 4.69) is 5.32 Å². The van der Waals surface area contributed by atoms with Crippen LogP contribution < -0.4 is 10.1 Å². The highest BCUT2D eigenvalue weighted by atomic mass is 35.5. The molecule has 0 unspecified atom stereocenters. The number of methoxy groups -OCH3 is 1. The zero-order valence-electron chi connectivity index (χ0n) is 15.4. The smallest absolute Gasteiger partial charge is 0.244 e. The van der Waals surface area contributed by atoms with Crippen LogP contribution in [0.15, 0.2) is 41.3 Å². The molecule has 1 N–H and O–H groups in total. The van der Waals surface area contributed by atoms with Crippen LogP contribution in [0.5, 0.6) is 5.75 Å². The van der Waals surface area contributed by atoms with Crippen molar-refractivity contribution in [1.82, 2.24) is 4.31 Å². The minimum atomic E-state index is -3.87. The Morgan fingerprint density at radius 3 is 2.64 bits per heavy atom. The minimum Gasteiger partial charge on any atom is -0.497 e. The Balaban J connectivity index is 1.88. The first kappa shape index (κ1) is 20.9. The number of carbonyl (C=O) groups excluding carboxylic acids is 1. The maximum Gasteiger partial charge on any atom is 0.244 e. The number of nitrogens with zero attached hydrogens (tertiary/aromatic N) is 1. The molecule has 9 heteroatoms. The molecule has 0 aromatic heterocycles. The van der Waals surface area contributed by atoms with Crippen molar-refractivity contribution in [3.63, 3.8) is 0 Å². The molecule has 1 aliphatic rings. The fourth-order valence-corrected chi connectivity index (χ4v) is 5.56. The Labute approximate surface area is 174 Å². The van der Waals surface area contributed by atoms with Gasteiger partial charge in [-0.2, -0.15) is 4.31 Å². The van der Waals surface area contributed by atoms with Gasteiger partial charge in [0.2, 0.25) is 15.9 Å². The monoisotopic (exact) mass is 442 g/mol. The molecule has 1 aliphatic heterocycles. The van der Waals surface area contributed by atoms with Crippen LogP contribution in [-0.4, -0.2) is 38.3 Å². The maximum absolute atomic E-state index is 13.2. The van der Waals surface area contributed by atoms with Crippen LogP contribution in [0.1, 0.15) is 18.4 Å². The third-order valence-corrected chi connectivity index (χ3v) is 7.28. The van der Waals surface area contributed by atoms with Gasteiger partial charge >= 0.3 is 0 Å². The highest BCUT2D eigenvalue weighted by Gasteiger charge is 2.40. The van der Waals surface area contributed by atoms with Crippen molar-refractivity contribution >= 4 is 44.8 Å². The van der Waals surface area contributed by atoms with Gasteiger partial charge in [-0.1, -0.05) is 29.3 Å². The lowest BCUT2D eigenvalue weighted by Gasteiger charge is -2.24. The molecule has 1 heterocycles. The molecule has 28 heavy (non-hydrogen) atoms. The molecule has 150 valence electrons. The van der Waals surface area contributed by atoms with Crippen molar-refractivity contribution in [2.75, 3.05) is 19.0 Å². The summed E-state index contributed by atoms with van der Waals surface area (Å²) in [5, 5.41) is 3.44. The first-order chi connectivity index (χ1) is 13.2. The van der Waals surface area contributed by atoms with E-state index in [1.807, 2.05) is 0 Å². The molecule has 1 amide bonds. The molecule has 0 saturated carbocycles. The summed E-state index contributed by atoms with van der Waals surface area (Å²) in [6, 6.07) is 8.75. The number of carbonyl (C=O) groups is 1. The average Bonchev–Trinajstić information content (AvgIpc) is 3.15. The fourth-order valence-electron chi connectivity index (χ4n) is 3.21. The molecule has 0 spiro atoms. The number of anilines is 1. The van der Waals surface area contributed by atoms with Gasteiger partial charge in [0.15, 0.2) is 0 Å². The highest BCUT2D eigenvalue weighted by molar-refractivity contribution is 7.89. The Morgan fingerprint density at radius 2 is 1.96 bits per heavy atom. The average molecular weight is 443 g/mol. The molecule has 2 aromatic rings. The predicted molar refractivity (Wildman–Crippen MR) is 110 cm³/mol. The number of halogens is 2. The van der Waals surface area contributed by atoms with Crippen LogP contribution in [0, 0.1) is 6.92 Å². The van der Waals surface area contributed by atoms with Crippen molar-refractivity contribution in [1.29, 1.82) is 0 Å². The lowest BCUT2D eigenvalue weighted by Crippen LogP contribution is -2.43. The number of sulfonamides is 1. The molecule has 0 aliphatic carbocycles. The van der Waals surface area contributed by atoms with Gasteiger partial charge in [0.05, 0.1) is 22.7 Å². The van der Waals surface area contributed by atoms with E-state index < -0.39 is 22.0 Å². The van der Waals surface area contributed by atoms with E-state index in [0.29, 0.717) is 34.9 Å². The molecule has 1 saturated heterocycles. The summed E-state index contributed by atoms with van der Waals surface area (Å²) in [5.41, 5.74) is 0.977. The number of rotatable bonds is 5. The van der Waals surface area contributed by atoms with E-state index in [4.69, 9.17) is 27.9 Å². The summed E-state index contributed by atoms with van der Waals surface area (Å²) < 4.78 is 32.9. The fraction of sp³-hybridized carbons (Fsp3) is 0.316. The van der Waals surface area contributed by atoms with Gasteiger partial charge in [0, 0.05) is 17.6 Å². The van der Waals surface area contributed by atoms with E-state index in [1.165, 1.54) is 23.5 Å². The molecule has 0 bridgehead atoms. The Morgan fingerprint density at radius 1 is 1.21 bits per heavy atom. The molecular formula is C19H20Cl2N2O4S. The van der Waals surface area contributed by atoms with Crippen LogP contribution in [0.4, 0.5) is 5.69 Å². The van der Waals surface area contributed by atoms with Gasteiger partial charge in [0.1, 0.15) is 11.8 Å². The largest absolute Gasteiger partial charge is 0.497 e. The van der Waals surface area contributed by atoms with Gasteiger partial charge < -0.3 is 10.1 Å². The van der Waals surface area contributed by atoms with Gasteiger partial charge in [-0.15, -0.1) is 0 Å². The van der Waals surface area contributed by atoms with E-state index in [-0.39, 0.29) is 16.5 Å². The Bertz CT molecular complexity index is 1010. The number of hydrogen-bond acceptors (Lipinski definition) is 4. The van der Waals surface area contributed by atoms with Crippen LogP contribution in [0.25, 0.3) is 0 Å². The predicted octanol–water partition coefficient (Wildman–Crippen LogP) is 4.10. The summed E-state index contributed by atoms with van der Waals surface area (Å²) in [4.78, 5) is 13.0. The van der Waals surface area contributed by atoms with Crippen molar-refractivity contribution < 1.29 is 17.9 Å². The molecule has 1 fully saturated rings.